The number of esters is 1. The number of nitrogens with zero attached hydrogens (tertiary/aromatic N) is 4. The van der Waals surface area contributed by atoms with E-state index in [-0.39, 0.29) is 23.8 Å². The van der Waals surface area contributed by atoms with Crippen LogP contribution in [0.15, 0.2) is 24.5 Å². The fourth-order valence-electron chi connectivity index (χ4n) is 3.98. The van der Waals surface area contributed by atoms with Gasteiger partial charge in [-0.05, 0) is 43.6 Å². The molecule has 9 nitrogen and oxygen atoms in total. The highest BCUT2D eigenvalue weighted by atomic mass is 32.1. The first-order valence-corrected chi connectivity index (χ1v) is 10.4. The van der Waals surface area contributed by atoms with E-state index in [2.05, 4.69) is 15.0 Å². The predicted molar refractivity (Wildman–Crippen MR) is 110 cm³/mol. The number of rotatable bonds is 6. The molecule has 0 saturated carbocycles. The van der Waals surface area contributed by atoms with Crippen molar-refractivity contribution < 1.29 is 24.1 Å². The lowest BCUT2D eigenvalue weighted by atomic mass is 9.93. The van der Waals surface area contributed by atoms with Crippen molar-refractivity contribution in [1.29, 1.82) is 0 Å². The summed E-state index contributed by atoms with van der Waals surface area (Å²) in [5.41, 5.74) is 0.948. The number of aromatic nitrogens is 3. The Balaban J connectivity index is 1.73. The van der Waals surface area contributed by atoms with E-state index in [9.17, 15) is 9.90 Å². The first-order chi connectivity index (χ1) is 14.6. The maximum atomic E-state index is 11.9. The second-order valence-electron chi connectivity index (χ2n) is 7.09. The van der Waals surface area contributed by atoms with Crippen LogP contribution in [0.1, 0.15) is 29.3 Å². The summed E-state index contributed by atoms with van der Waals surface area (Å²) >= 11 is 1.40. The quantitative estimate of drug-likeness (QED) is 0.593. The first-order valence-electron chi connectivity index (χ1n) is 9.62. The molecule has 10 heteroatoms. The predicted octanol–water partition coefficient (Wildman–Crippen LogP) is 2.49. The number of piperidine rings is 1. The van der Waals surface area contributed by atoms with Gasteiger partial charge in [0.25, 0.3) is 0 Å². The van der Waals surface area contributed by atoms with Gasteiger partial charge in [-0.25, -0.2) is 4.98 Å². The molecule has 1 fully saturated rings. The number of likely N-dealkylation sites (tertiary alicyclic amines) is 1. The van der Waals surface area contributed by atoms with Crippen LogP contribution >= 0.6 is 11.3 Å². The largest absolute Gasteiger partial charge is 0.493 e. The molecule has 0 amide bonds. The smallest absolute Gasteiger partial charge is 0.308 e. The summed E-state index contributed by atoms with van der Waals surface area (Å²) in [4.78, 5) is 19.8. The van der Waals surface area contributed by atoms with Crippen LogP contribution in [-0.2, 0) is 9.53 Å². The molecule has 4 rings (SSSR count). The minimum absolute atomic E-state index is 0.0716. The van der Waals surface area contributed by atoms with Crippen molar-refractivity contribution in [2.45, 2.75) is 18.9 Å². The zero-order valence-corrected chi connectivity index (χ0v) is 17.9. The van der Waals surface area contributed by atoms with Gasteiger partial charge in [-0.2, -0.15) is 9.61 Å². The molecule has 3 heterocycles. The molecule has 1 aliphatic heterocycles. The molecule has 1 saturated heterocycles. The minimum atomic E-state index is -0.239. The molecule has 2 aromatic heterocycles. The van der Waals surface area contributed by atoms with Crippen molar-refractivity contribution >= 4 is 22.3 Å². The fraction of sp³-hybridized carbons (Fsp3) is 0.450. The van der Waals surface area contributed by atoms with E-state index in [0.29, 0.717) is 42.4 Å². The molecule has 1 atom stereocenters. The SMILES string of the molecule is COC(=O)C1CCN([C@H](c2ccc(OC)c(OC)c2)c2sc3ncnn3c2O)CC1. The van der Waals surface area contributed by atoms with Gasteiger partial charge in [-0.15, -0.1) is 0 Å². The number of hydrogen-bond acceptors (Lipinski definition) is 9. The van der Waals surface area contributed by atoms with Gasteiger partial charge in [0, 0.05) is 0 Å². The van der Waals surface area contributed by atoms with Crippen LogP contribution in [0.5, 0.6) is 17.4 Å². The number of hydrogen-bond donors (Lipinski definition) is 1. The lowest BCUT2D eigenvalue weighted by Crippen LogP contribution is -2.39. The number of carbonyl (C=O) groups excluding carboxylic acids is 1. The van der Waals surface area contributed by atoms with E-state index in [0.717, 1.165) is 10.4 Å². The highest BCUT2D eigenvalue weighted by molar-refractivity contribution is 7.17. The number of fused-ring (bicyclic) bond motifs is 1. The Hall–Kier alpha value is -2.85. The minimum Gasteiger partial charge on any atom is -0.493 e. The van der Waals surface area contributed by atoms with Gasteiger partial charge in [0.2, 0.25) is 10.8 Å². The monoisotopic (exact) mass is 432 g/mol. The van der Waals surface area contributed by atoms with Crippen molar-refractivity contribution in [2.24, 2.45) is 5.92 Å². The van der Waals surface area contributed by atoms with Crippen molar-refractivity contribution in [2.75, 3.05) is 34.4 Å². The maximum Gasteiger partial charge on any atom is 0.308 e. The van der Waals surface area contributed by atoms with Crippen LogP contribution in [0, 0.1) is 5.92 Å². The summed E-state index contributed by atoms with van der Waals surface area (Å²) in [6.45, 7) is 1.37. The third-order valence-electron chi connectivity index (χ3n) is 5.54. The van der Waals surface area contributed by atoms with Crippen LogP contribution < -0.4 is 9.47 Å². The molecule has 1 N–H and O–H groups in total. The molecule has 0 radical (unpaired) electrons. The zero-order valence-electron chi connectivity index (χ0n) is 17.1. The van der Waals surface area contributed by atoms with E-state index in [1.807, 2.05) is 18.2 Å². The highest BCUT2D eigenvalue weighted by Crippen LogP contribution is 2.43. The van der Waals surface area contributed by atoms with Crippen molar-refractivity contribution in [1.82, 2.24) is 19.5 Å². The average molecular weight is 433 g/mol. The summed E-state index contributed by atoms with van der Waals surface area (Å²) in [5.74, 6) is 1.05. The number of aromatic hydroxyl groups is 1. The number of ether oxygens (including phenoxy) is 3. The van der Waals surface area contributed by atoms with E-state index in [1.54, 1.807) is 14.2 Å². The Labute approximate surface area is 177 Å². The highest BCUT2D eigenvalue weighted by Gasteiger charge is 2.34. The van der Waals surface area contributed by atoms with Gasteiger partial charge in [0.1, 0.15) is 6.33 Å². The lowest BCUT2D eigenvalue weighted by molar-refractivity contribution is -0.147. The molecule has 3 aromatic rings. The average Bonchev–Trinajstić information content (AvgIpc) is 3.37. The van der Waals surface area contributed by atoms with Gasteiger partial charge in [-0.3, -0.25) is 9.69 Å². The Bertz CT molecular complexity index is 1040. The molecular formula is C20H24N4O5S. The third-order valence-corrected chi connectivity index (χ3v) is 6.63. The normalized spacial score (nSPS) is 16.5. The second-order valence-corrected chi connectivity index (χ2v) is 8.10. The van der Waals surface area contributed by atoms with Crippen LogP contribution in [0.3, 0.4) is 0 Å². The lowest BCUT2D eigenvalue weighted by Gasteiger charge is -2.36. The molecule has 1 aliphatic rings. The second kappa shape index (κ2) is 8.49. The van der Waals surface area contributed by atoms with Gasteiger partial charge in [0.15, 0.2) is 11.5 Å². The van der Waals surface area contributed by atoms with Gasteiger partial charge < -0.3 is 19.3 Å². The Morgan fingerprint density at radius 2 is 1.93 bits per heavy atom. The number of thiazole rings is 1. The Kier molecular flexibility index (Phi) is 5.78. The maximum absolute atomic E-state index is 11.9. The van der Waals surface area contributed by atoms with E-state index >= 15 is 0 Å². The molecule has 30 heavy (non-hydrogen) atoms. The first kappa shape index (κ1) is 20.4. The van der Waals surface area contributed by atoms with Crippen LogP contribution in [0.25, 0.3) is 4.96 Å². The van der Waals surface area contributed by atoms with Gasteiger partial charge >= 0.3 is 5.97 Å². The van der Waals surface area contributed by atoms with E-state index in [4.69, 9.17) is 14.2 Å². The summed E-state index contributed by atoms with van der Waals surface area (Å²) in [6.07, 6.45) is 2.80. The van der Waals surface area contributed by atoms with Crippen LogP contribution in [-0.4, -0.2) is 65.0 Å². The van der Waals surface area contributed by atoms with Crippen LogP contribution in [0.2, 0.25) is 0 Å². The van der Waals surface area contributed by atoms with Gasteiger partial charge in [-0.1, -0.05) is 17.4 Å². The summed E-state index contributed by atoms with van der Waals surface area (Å²) in [6, 6.07) is 5.51. The van der Waals surface area contributed by atoms with Gasteiger partial charge in [0.05, 0.1) is 38.2 Å². The molecule has 160 valence electrons. The Morgan fingerprint density at radius 1 is 1.20 bits per heavy atom. The fourth-order valence-corrected chi connectivity index (χ4v) is 5.07. The zero-order chi connectivity index (χ0) is 21.3. The molecule has 0 aliphatic carbocycles. The number of carbonyl (C=O) groups is 1. The summed E-state index contributed by atoms with van der Waals surface area (Å²) < 4.78 is 17.2. The molecule has 1 aromatic carbocycles. The molecule has 0 bridgehead atoms. The van der Waals surface area contributed by atoms with Crippen molar-refractivity contribution in [3.63, 3.8) is 0 Å². The molecule has 0 spiro atoms. The third kappa shape index (κ3) is 3.56. The summed E-state index contributed by atoms with van der Waals surface area (Å²) in [5, 5.41) is 15.0. The number of methoxy groups -OCH3 is 3. The topological polar surface area (TPSA) is 98.4 Å². The molecule has 0 unspecified atom stereocenters. The number of benzene rings is 1. The molecular weight excluding hydrogens is 408 g/mol. The standard InChI is InChI=1S/C20H24N4O5S/c1-27-14-5-4-13(10-15(14)28-2)16(17-18(25)24-20(30-17)21-11-22-24)23-8-6-12(7-9-23)19(26)29-3/h4-5,10-12,16,25H,6-9H2,1-3H3/t16-/m1/s1. The Morgan fingerprint density at radius 3 is 2.57 bits per heavy atom. The van der Waals surface area contributed by atoms with Crippen molar-refractivity contribution in [3.05, 3.63) is 35.0 Å². The van der Waals surface area contributed by atoms with E-state index < -0.39 is 0 Å². The van der Waals surface area contributed by atoms with Crippen molar-refractivity contribution in [3.8, 4) is 17.4 Å². The summed E-state index contributed by atoms with van der Waals surface area (Å²) in [7, 11) is 4.62. The van der Waals surface area contributed by atoms with Crippen LogP contribution in [0.4, 0.5) is 0 Å². The van der Waals surface area contributed by atoms with E-state index in [1.165, 1.54) is 29.3 Å².